The number of hydrogen-bond donors (Lipinski definition) is 1. The zero-order chi connectivity index (χ0) is 13.8. The van der Waals surface area contributed by atoms with Gasteiger partial charge in [0.2, 0.25) is 5.91 Å². The molecular weight excluding hydrogens is 294 g/mol. The van der Waals surface area contributed by atoms with Gasteiger partial charge in [-0.05, 0) is 27.3 Å². The normalized spacial score (nSPS) is 20.7. The van der Waals surface area contributed by atoms with Crippen molar-refractivity contribution in [1.29, 1.82) is 0 Å². The second-order valence-corrected chi connectivity index (χ2v) is 6.80. The highest BCUT2D eigenvalue weighted by molar-refractivity contribution is 9.10. The summed E-state index contributed by atoms with van der Waals surface area (Å²) < 4.78 is 0. The fourth-order valence-corrected chi connectivity index (χ4v) is 2.29. The van der Waals surface area contributed by atoms with Gasteiger partial charge in [-0.2, -0.15) is 0 Å². The zero-order valence-corrected chi connectivity index (χ0v) is 13.6. The number of rotatable bonds is 5. The molecule has 0 spiro atoms. The number of nitrogens with zero attached hydrogens (tertiary/aromatic N) is 2. The van der Waals surface area contributed by atoms with Crippen molar-refractivity contribution >= 4 is 21.8 Å². The summed E-state index contributed by atoms with van der Waals surface area (Å²) in [5, 5.41) is 3.04. The molecular formula is C13H26BrN3O. The fraction of sp³-hybridized carbons (Fsp3) is 0.923. The highest BCUT2D eigenvalue weighted by Crippen LogP contribution is 2.16. The van der Waals surface area contributed by atoms with Gasteiger partial charge in [-0.1, -0.05) is 22.9 Å². The van der Waals surface area contributed by atoms with Crippen LogP contribution in [0.2, 0.25) is 0 Å². The third kappa shape index (κ3) is 4.52. The maximum atomic E-state index is 11.8. The number of alkyl halides is 1. The smallest absolute Gasteiger partial charge is 0.233 e. The molecule has 1 aliphatic rings. The first-order valence-electron chi connectivity index (χ1n) is 6.72. The Bertz CT molecular complexity index is 275. The highest BCUT2D eigenvalue weighted by Gasteiger charge is 2.29. The van der Waals surface area contributed by atoms with Crippen LogP contribution in [0.25, 0.3) is 0 Å². The number of carbonyl (C=O) groups is 1. The Labute approximate surface area is 119 Å². The monoisotopic (exact) mass is 319 g/mol. The summed E-state index contributed by atoms with van der Waals surface area (Å²) >= 11 is 3.38. The van der Waals surface area contributed by atoms with Crippen LogP contribution in [0.1, 0.15) is 27.2 Å². The fourth-order valence-electron chi connectivity index (χ4n) is 2.12. The van der Waals surface area contributed by atoms with Gasteiger partial charge < -0.3 is 10.2 Å². The second kappa shape index (κ2) is 6.87. The summed E-state index contributed by atoms with van der Waals surface area (Å²) in [6, 6.07) is 0. The highest BCUT2D eigenvalue weighted by atomic mass is 79.9. The van der Waals surface area contributed by atoms with Gasteiger partial charge in [0.1, 0.15) is 0 Å². The summed E-state index contributed by atoms with van der Waals surface area (Å²) in [6.07, 6.45) is 0.820. The van der Waals surface area contributed by atoms with Crippen molar-refractivity contribution in [1.82, 2.24) is 15.1 Å². The van der Waals surface area contributed by atoms with Crippen molar-refractivity contribution < 1.29 is 4.79 Å². The van der Waals surface area contributed by atoms with Gasteiger partial charge in [0.25, 0.3) is 0 Å². The molecule has 0 aliphatic carbocycles. The van der Waals surface area contributed by atoms with Crippen LogP contribution in [0.5, 0.6) is 0 Å². The lowest BCUT2D eigenvalue weighted by atomic mass is 10.0. The third-order valence-corrected chi connectivity index (χ3v) is 4.76. The molecule has 1 atom stereocenters. The Morgan fingerprint density at radius 1 is 1.33 bits per heavy atom. The average Bonchev–Trinajstić information content (AvgIpc) is 2.35. The van der Waals surface area contributed by atoms with E-state index < -0.39 is 0 Å². The summed E-state index contributed by atoms with van der Waals surface area (Å²) in [5.74, 6) is 0.0969. The predicted octanol–water partition coefficient (Wildman–Crippen LogP) is 1.30. The molecule has 1 fully saturated rings. The molecule has 4 nitrogen and oxygen atoms in total. The number of amides is 1. The van der Waals surface area contributed by atoms with Crippen LogP contribution in [0.15, 0.2) is 0 Å². The number of likely N-dealkylation sites (N-methyl/N-ethyl adjacent to an activating group) is 1. The van der Waals surface area contributed by atoms with Crippen molar-refractivity contribution in [3.63, 3.8) is 0 Å². The summed E-state index contributed by atoms with van der Waals surface area (Å²) in [5.41, 5.74) is 0.0252. The minimum absolute atomic E-state index is 0.0252. The number of halogens is 1. The molecule has 0 radical (unpaired) electrons. The molecule has 1 N–H and O–H groups in total. The van der Waals surface area contributed by atoms with Crippen LogP contribution >= 0.6 is 15.9 Å². The van der Waals surface area contributed by atoms with E-state index in [0.717, 1.165) is 32.6 Å². The first-order valence-corrected chi connectivity index (χ1v) is 7.63. The van der Waals surface area contributed by atoms with E-state index in [1.807, 2.05) is 6.92 Å². The van der Waals surface area contributed by atoms with E-state index in [2.05, 4.69) is 51.9 Å². The molecule has 1 unspecified atom stereocenters. The lowest BCUT2D eigenvalue weighted by Crippen LogP contribution is -2.58. The van der Waals surface area contributed by atoms with E-state index in [0.29, 0.717) is 6.54 Å². The van der Waals surface area contributed by atoms with Crippen LogP contribution in [0.3, 0.4) is 0 Å². The molecule has 1 amide bonds. The van der Waals surface area contributed by atoms with E-state index in [1.165, 1.54) is 0 Å². The van der Waals surface area contributed by atoms with Crippen LogP contribution in [0, 0.1) is 0 Å². The Balaban J connectivity index is 2.41. The summed E-state index contributed by atoms with van der Waals surface area (Å²) in [4.78, 5) is 16.5. The van der Waals surface area contributed by atoms with Crippen molar-refractivity contribution in [2.45, 2.75) is 37.6 Å². The molecule has 18 heavy (non-hydrogen) atoms. The topological polar surface area (TPSA) is 35.6 Å². The SMILES string of the molecule is CCC(Br)C(=O)NCC(C)(C)N1CCN(C)CC1. The molecule has 0 aromatic rings. The molecule has 106 valence electrons. The molecule has 0 bridgehead atoms. The second-order valence-electron chi connectivity index (χ2n) is 5.70. The number of carbonyl (C=O) groups excluding carboxylic acids is 1. The molecule has 0 saturated carbocycles. The van der Waals surface area contributed by atoms with Gasteiger partial charge in [0.05, 0.1) is 4.83 Å². The summed E-state index contributed by atoms with van der Waals surface area (Å²) in [7, 11) is 2.16. The van der Waals surface area contributed by atoms with Gasteiger partial charge in [-0.3, -0.25) is 9.69 Å². The van der Waals surface area contributed by atoms with E-state index in [-0.39, 0.29) is 16.3 Å². The van der Waals surface area contributed by atoms with E-state index in [4.69, 9.17) is 0 Å². The number of hydrogen-bond acceptors (Lipinski definition) is 3. The van der Waals surface area contributed by atoms with Gasteiger partial charge in [-0.25, -0.2) is 0 Å². The first kappa shape index (κ1) is 15.9. The molecule has 0 aromatic heterocycles. The Kier molecular flexibility index (Phi) is 6.08. The van der Waals surface area contributed by atoms with Crippen molar-refractivity contribution in [2.75, 3.05) is 39.8 Å². The van der Waals surface area contributed by atoms with Crippen LogP contribution in [-0.2, 0) is 4.79 Å². The Hall–Kier alpha value is -0.130. The van der Waals surface area contributed by atoms with Crippen molar-refractivity contribution in [3.8, 4) is 0 Å². The third-order valence-electron chi connectivity index (χ3n) is 3.70. The maximum absolute atomic E-state index is 11.8. The van der Waals surface area contributed by atoms with Crippen LogP contribution in [0.4, 0.5) is 0 Å². The summed E-state index contributed by atoms with van der Waals surface area (Å²) in [6.45, 7) is 11.5. The molecule has 1 rings (SSSR count). The van der Waals surface area contributed by atoms with Gasteiger partial charge in [0.15, 0.2) is 0 Å². The lowest BCUT2D eigenvalue weighted by Gasteiger charge is -2.43. The van der Waals surface area contributed by atoms with E-state index >= 15 is 0 Å². The van der Waals surface area contributed by atoms with E-state index in [1.54, 1.807) is 0 Å². The Morgan fingerprint density at radius 2 is 1.89 bits per heavy atom. The molecule has 1 heterocycles. The first-order chi connectivity index (χ1) is 8.36. The van der Waals surface area contributed by atoms with Gasteiger partial charge >= 0.3 is 0 Å². The average molecular weight is 320 g/mol. The largest absolute Gasteiger partial charge is 0.353 e. The molecule has 5 heteroatoms. The van der Waals surface area contributed by atoms with Crippen LogP contribution < -0.4 is 5.32 Å². The molecule has 1 saturated heterocycles. The number of piperazine rings is 1. The van der Waals surface area contributed by atoms with Crippen molar-refractivity contribution in [2.24, 2.45) is 0 Å². The maximum Gasteiger partial charge on any atom is 0.233 e. The molecule has 1 aliphatic heterocycles. The van der Waals surface area contributed by atoms with Crippen LogP contribution in [-0.4, -0.2) is 65.8 Å². The Morgan fingerprint density at radius 3 is 2.39 bits per heavy atom. The minimum Gasteiger partial charge on any atom is -0.353 e. The standard InChI is InChI=1S/C13H26BrN3O/c1-5-11(14)12(18)15-10-13(2,3)17-8-6-16(4)7-9-17/h11H,5-10H2,1-4H3,(H,15,18). The zero-order valence-electron chi connectivity index (χ0n) is 12.0. The van der Waals surface area contributed by atoms with Gasteiger partial charge in [-0.15, -0.1) is 0 Å². The van der Waals surface area contributed by atoms with Gasteiger partial charge in [0, 0.05) is 38.3 Å². The lowest BCUT2D eigenvalue weighted by molar-refractivity contribution is -0.121. The minimum atomic E-state index is -0.0687. The number of nitrogens with one attached hydrogen (secondary N) is 1. The van der Waals surface area contributed by atoms with Crippen molar-refractivity contribution in [3.05, 3.63) is 0 Å². The quantitative estimate of drug-likeness (QED) is 0.776. The predicted molar refractivity (Wildman–Crippen MR) is 79.2 cm³/mol. The van der Waals surface area contributed by atoms with E-state index in [9.17, 15) is 4.79 Å². The molecule has 0 aromatic carbocycles.